The van der Waals surface area contributed by atoms with Gasteiger partial charge in [0.15, 0.2) is 13.9 Å². The normalized spacial score (nSPS) is 27.9. The van der Waals surface area contributed by atoms with E-state index in [4.69, 9.17) is 4.74 Å². The van der Waals surface area contributed by atoms with Gasteiger partial charge in [-0.15, -0.1) is 0 Å². The molecule has 2 fully saturated rings. The average molecular weight is 596 g/mol. The second kappa shape index (κ2) is 11.5. The molecule has 0 bridgehead atoms. The molecule has 10 nitrogen and oxygen atoms in total. The van der Waals surface area contributed by atoms with Crippen LogP contribution in [0.25, 0.3) is 0 Å². The van der Waals surface area contributed by atoms with Gasteiger partial charge in [0, 0.05) is 29.3 Å². The Labute approximate surface area is 247 Å². The van der Waals surface area contributed by atoms with Crippen LogP contribution in [0.5, 0.6) is 0 Å². The number of aliphatic hydroxyl groups is 2. The molecule has 226 valence electrons. The first kappa shape index (κ1) is 30.4. The molecule has 5 rings (SSSR count). The van der Waals surface area contributed by atoms with Gasteiger partial charge in [-0.25, -0.2) is 0 Å². The number of fused-ring (bicyclic) bond motifs is 2. The number of aliphatic hydroxyl groups excluding tert-OH is 2. The van der Waals surface area contributed by atoms with Crippen molar-refractivity contribution < 1.29 is 34.1 Å². The van der Waals surface area contributed by atoms with Gasteiger partial charge >= 0.3 is 0 Å². The van der Waals surface area contributed by atoms with Crippen molar-refractivity contribution in [3.8, 4) is 0 Å². The Balaban J connectivity index is 1.57. The molecule has 3 heterocycles. The maximum atomic E-state index is 14.6. The zero-order chi connectivity index (χ0) is 30.4. The number of rotatable bonds is 8. The minimum atomic E-state index is -3.00. The fourth-order valence-corrected chi connectivity index (χ4v) is 9.72. The topological polar surface area (TPSA) is 140 Å². The van der Waals surface area contributed by atoms with Gasteiger partial charge in [-0.2, -0.15) is 0 Å². The van der Waals surface area contributed by atoms with Crippen LogP contribution < -0.4 is 10.2 Å². The van der Waals surface area contributed by atoms with Gasteiger partial charge in [0.1, 0.15) is 6.10 Å². The van der Waals surface area contributed by atoms with Crippen LogP contribution in [0.2, 0.25) is 18.6 Å². The second-order valence-corrected chi connectivity index (χ2v) is 16.4. The van der Waals surface area contributed by atoms with Crippen LogP contribution in [-0.2, 0) is 31.3 Å². The van der Waals surface area contributed by atoms with E-state index >= 15 is 0 Å². The van der Waals surface area contributed by atoms with Gasteiger partial charge in [-0.3, -0.25) is 14.4 Å². The highest BCUT2D eigenvalue weighted by atomic mass is 28.4. The number of hydrogen-bond donors (Lipinski definition) is 4. The molecule has 0 saturated carbocycles. The van der Waals surface area contributed by atoms with Crippen molar-refractivity contribution in [1.29, 1.82) is 0 Å². The number of nitrogens with one attached hydrogen (secondary N) is 1. The number of amides is 3. The summed E-state index contributed by atoms with van der Waals surface area (Å²) in [5.41, 5.74) is 0.597. The minimum Gasteiger partial charge on any atom is -0.432 e. The number of carbonyl (C=O) groups excluding carboxylic acids is 3. The maximum absolute atomic E-state index is 14.6. The van der Waals surface area contributed by atoms with Gasteiger partial charge in [-0.1, -0.05) is 37.3 Å². The average Bonchev–Trinajstić information content (AvgIpc) is 3.60. The molecule has 2 aromatic carbocycles. The molecule has 4 N–H and O–H groups in total. The van der Waals surface area contributed by atoms with Crippen molar-refractivity contribution in [2.24, 2.45) is 5.92 Å². The van der Waals surface area contributed by atoms with Gasteiger partial charge in [0.25, 0.3) is 11.8 Å². The first-order valence-electron chi connectivity index (χ1n) is 14.7. The van der Waals surface area contributed by atoms with E-state index in [1.165, 1.54) is 6.92 Å². The third-order valence-corrected chi connectivity index (χ3v) is 11.6. The lowest BCUT2D eigenvalue weighted by Gasteiger charge is -2.33. The lowest BCUT2D eigenvalue weighted by molar-refractivity contribution is -0.150. The Morgan fingerprint density at radius 3 is 2.55 bits per heavy atom. The quantitative estimate of drug-likeness (QED) is 0.344. The van der Waals surface area contributed by atoms with E-state index in [1.54, 1.807) is 28.0 Å². The molecule has 3 aliphatic heterocycles. The monoisotopic (exact) mass is 595 g/mol. The summed E-state index contributed by atoms with van der Waals surface area (Å²) < 4.78 is 6.79. The number of anilines is 2. The Kier molecular flexibility index (Phi) is 8.34. The molecule has 0 aliphatic carbocycles. The summed E-state index contributed by atoms with van der Waals surface area (Å²) in [6.07, 6.45) is -0.403. The number of ether oxygens (including phenoxy) is 1. The number of benzene rings is 2. The predicted octanol–water partition coefficient (Wildman–Crippen LogP) is 2.72. The highest BCUT2D eigenvalue weighted by Crippen LogP contribution is 2.60. The molecule has 2 aromatic rings. The highest BCUT2D eigenvalue weighted by Gasteiger charge is 2.66. The molecule has 3 aliphatic rings. The summed E-state index contributed by atoms with van der Waals surface area (Å²) in [5, 5.41) is 22.3. The lowest BCUT2D eigenvalue weighted by atomic mass is 9.82. The van der Waals surface area contributed by atoms with Crippen molar-refractivity contribution in [2.45, 2.75) is 82.1 Å². The standard InChI is InChI=1S/C31H41N3O7Si/c1-19-28(42(3,4)40)26(16-27(37)33-14-8-11-23(33)18-35)41-31(19)24-15-22(32-29(38)20(2)36)12-13-25(24)34(30(31)39)17-21-9-6-5-7-10-21/h5-7,9-10,12-13,15,19-20,23,26,28,35-36,40H,8,11,14,16-18H2,1-4H3,(H,32,38)/t19-,20+,23+,26+,28-,31+/m1/s1. The molecule has 3 amide bonds. The van der Waals surface area contributed by atoms with Crippen molar-refractivity contribution in [2.75, 3.05) is 23.4 Å². The van der Waals surface area contributed by atoms with Crippen LogP contribution in [0.1, 0.15) is 44.2 Å². The summed E-state index contributed by atoms with van der Waals surface area (Å²) in [6, 6.07) is 14.5. The summed E-state index contributed by atoms with van der Waals surface area (Å²) in [4.78, 5) is 55.3. The smallest absolute Gasteiger partial charge is 0.264 e. The van der Waals surface area contributed by atoms with Gasteiger partial charge < -0.3 is 34.9 Å². The minimum absolute atomic E-state index is 0.00992. The fourth-order valence-electron chi connectivity index (χ4n) is 7.17. The molecule has 11 heteroatoms. The third kappa shape index (κ3) is 5.28. The number of nitrogens with zero attached hydrogens (tertiary/aromatic N) is 2. The first-order valence-corrected chi connectivity index (χ1v) is 17.7. The maximum Gasteiger partial charge on any atom is 0.264 e. The van der Waals surface area contributed by atoms with Crippen molar-refractivity contribution >= 4 is 37.4 Å². The van der Waals surface area contributed by atoms with Crippen molar-refractivity contribution in [1.82, 2.24) is 4.90 Å². The molecule has 0 radical (unpaired) electrons. The van der Waals surface area contributed by atoms with Crippen LogP contribution in [0.4, 0.5) is 11.4 Å². The van der Waals surface area contributed by atoms with Crippen LogP contribution in [-0.4, -0.2) is 77.3 Å². The highest BCUT2D eigenvalue weighted by molar-refractivity contribution is 6.71. The molecule has 42 heavy (non-hydrogen) atoms. The van der Waals surface area contributed by atoms with E-state index in [0.717, 1.165) is 18.4 Å². The lowest BCUT2D eigenvalue weighted by Crippen LogP contribution is -2.46. The first-order chi connectivity index (χ1) is 19.9. The number of hydrogen-bond acceptors (Lipinski definition) is 7. The second-order valence-electron chi connectivity index (χ2n) is 12.4. The Morgan fingerprint density at radius 1 is 1.19 bits per heavy atom. The molecular formula is C31H41N3O7Si. The van der Waals surface area contributed by atoms with Gasteiger partial charge in [0.2, 0.25) is 5.91 Å². The fraction of sp³-hybridized carbons (Fsp3) is 0.516. The zero-order valence-corrected chi connectivity index (χ0v) is 25.6. The van der Waals surface area contributed by atoms with Crippen LogP contribution >= 0.6 is 0 Å². The predicted molar refractivity (Wildman–Crippen MR) is 160 cm³/mol. The molecule has 2 saturated heterocycles. The summed E-state index contributed by atoms with van der Waals surface area (Å²) in [7, 11) is -3.00. The molecule has 1 spiro atoms. The zero-order valence-electron chi connectivity index (χ0n) is 24.6. The van der Waals surface area contributed by atoms with E-state index in [-0.39, 0.29) is 30.9 Å². The molecule has 0 unspecified atom stereocenters. The van der Waals surface area contributed by atoms with Crippen molar-refractivity contribution in [3.63, 3.8) is 0 Å². The summed E-state index contributed by atoms with van der Waals surface area (Å²) >= 11 is 0. The van der Waals surface area contributed by atoms with Gasteiger partial charge in [-0.05, 0) is 56.6 Å². The Bertz CT molecular complexity index is 1350. The van der Waals surface area contributed by atoms with Gasteiger partial charge in [0.05, 0.1) is 37.4 Å². The van der Waals surface area contributed by atoms with Crippen LogP contribution in [0.15, 0.2) is 48.5 Å². The van der Waals surface area contributed by atoms with E-state index in [1.807, 2.05) is 50.3 Å². The van der Waals surface area contributed by atoms with E-state index in [0.29, 0.717) is 30.0 Å². The molecular weight excluding hydrogens is 554 g/mol. The van der Waals surface area contributed by atoms with Crippen LogP contribution in [0, 0.1) is 5.92 Å². The van der Waals surface area contributed by atoms with E-state index < -0.39 is 43.5 Å². The Hall–Kier alpha value is -3.09. The molecule has 6 atom stereocenters. The summed E-state index contributed by atoms with van der Waals surface area (Å²) in [5.74, 6) is -1.50. The SMILES string of the molecule is C[C@H](O)C(=O)Nc1ccc2c(c1)[C@]1(O[C@@H](CC(=O)N3CCC[C@H]3CO)[C@H]([Si](C)(C)O)[C@H]1C)C(=O)N2Cc1ccccc1. The van der Waals surface area contributed by atoms with Crippen LogP contribution in [0.3, 0.4) is 0 Å². The Morgan fingerprint density at radius 2 is 1.90 bits per heavy atom. The number of likely N-dealkylation sites (tertiary alicyclic amines) is 1. The van der Waals surface area contributed by atoms with E-state index in [2.05, 4.69) is 5.32 Å². The largest absolute Gasteiger partial charge is 0.432 e. The molecule has 0 aromatic heterocycles. The van der Waals surface area contributed by atoms with E-state index in [9.17, 15) is 29.4 Å². The number of carbonyl (C=O) groups is 3. The summed E-state index contributed by atoms with van der Waals surface area (Å²) in [6.45, 7) is 7.64. The van der Waals surface area contributed by atoms with Crippen molar-refractivity contribution in [3.05, 3.63) is 59.7 Å². The third-order valence-electron chi connectivity index (χ3n) is 9.10.